The molecule has 3 saturated carbocycles. The zero-order valence-corrected chi connectivity index (χ0v) is 39.3. The van der Waals surface area contributed by atoms with E-state index in [2.05, 4.69) is 20.4 Å². The molecule has 4 saturated heterocycles. The highest BCUT2D eigenvalue weighted by atomic mass is 16.9. The molecule has 2 spiro atoms. The van der Waals surface area contributed by atoms with E-state index in [4.69, 9.17) is 28.4 Å². The van der Waals surface area contributed by atoms with Crippen LogP contribution in [0.5, 0.6) is 0 Å². The number of fused-ring (bicyclic) bond motifs is 1. The summed E-state index contributed by atoms with van der Waals surface area (Å²) in [6.07, 6.45) is 18.8. The number of hydrogen-bond donors (Lipinski definition) is 2. The van der Waals surface area contributed by atoms with E-state index in [9.17, 15) is 19.8 Å². The molecule has 2 N–H and O–H groups in total. The summed E-state index contributed by atoms with van der Waals surface area (Å²) in [5, 5.41) is 26.4. The van der Waals surface area contributed by atoms with Gasteiger partial charge in [-0.05, 0) is 55.7 Å². The van der Waals surface area contributed by atoms with E-state index in [-0.39, 0.29) is 32.0 Å². The monoisotopic (exact) mass is 891 g/mol. The van der Waals surface area contributed by atoms with Gasteiger partial charge < -0.3 is 38.6 Å². The summed E-state index contributed by atoms with van der Waals surface area (Å²) in [4.78, 5) is 42.3. The summed E-state index contributed by atoms with van der Waals surface area (Å²) in [5.41, 5.74) is -5.39. The Labute approximate surface area is 382 Å². The van der Waals surface area contributed by atoms with Crippen LogP contribution in [0.3, 0.4) is 0 Å². The first-order chi connectivity index (χ1) is 30.8. The molecule has 356 valence electrons. The fraction of sp³-hybridized carbons (Fsp3) is 0.792. The second kappa shape index (κ2) is 19.5. The number of ether oxygens (including phenoxy) is 6. The lowest BCUT2D eigenvalue weighted by Gasteiger charge is -2.61. The number of carbonyl (C=O) groups is 3. The maximum atomic E-state index is 15.1. The van der Waals surface area contributed by atoms with Crippen LogP contribution in [-0.4, -0.2) is 87.8 Å². The van der Waals surface area contributed by atoms with Gasteiger partial charge in [-0.3, -0.25) is 9.59 Å². The van der Waals surface area contributed by atoms with E-state index >= 15 is 4.79 Å². The quantitative estimate of drug-likeness (QED) is 0.0558. The van der Waals surface area contributed by atoms with E-state index in [1.807, 2.05) is 19.9 Å². The molecule has 3 bridgehead atoms. The molecule has 7 aliphatic rings. The Hall–Kier alpha value is -2.67. The fourth-order valence-electron chi connectivity index (χ4n) is 13.8. The maximum Gasteiger partial charge on any atom is 0.338 e. The van der Waals surface area contributed by atoms with Crippen LogP contribution < -0.4 is 0 Å². The maximum absolute atomic E-state index is 15.1. The zero-order valence-electron chi connectivity index (χ0n) is 39.3. The number of epoxide rings is 1. The van der Waals surface area contributed by atoms with Crippen molar-refractivity contribution >= 4 is 17.7 Å². The molecule has 0 radical (unpaired) electrons. The van der Waals surface area contributed by atoms with Crippen LogP contribution in [0, 0.1) is 35.5 Å². The molecule has 64 heavy (non-hydrogen) atoms. The number of aliphatic hydroxyl groups is 2. The third-order valence-electron chi connectivity index (χ3n) is 17.1. The predicted octanol–water partition coefficient (Wildman–Crippen LogP) is 9.73. The van der Waals surface area contributed by atoms with Gasteiger partial charge in [-0.1, -0.05) is 155 Å². The first-order valence-electron chi connectivity index (χ1n) is 25.6. The molecule has 8 rings (SSSR count). The number of benzene rings is 1. The van der Waals surface area contributed by atoms with Gasteiger partial charge in [0.15, 0.2) is 17.0 Å². The van der Waals surface area contributed by atoms with E-state index in [1.54, 1.807) is 24.3 Å². The van der Waals surface area contributed by atoms with Crippen molar-refractivity contribution in [2.24, 2.45) is 35.5 Å². The second-order valence-corrected chi connectivity index (χ2v) is 21.2. The topological polar surface area (TPSA) is 150 Å². The van der Waals surface area contributed by atoms with Gasteiger partial charge in [0, 0.05) is 36.5 Å². The van der Waals surface area contributed by atoms with E-state index in [1.165, 1.54) is 57.8 Å². The van der Waals surface area contributed by atoms with E-state index in [0.29, 0.717) is 18.4 Å². The minimum absolute atomic E-state index is 0.0355. The van der Waals surface area contributed by atoms with Crippen LogP contribution in [0.4, 0.5) is 0 Å². The highest BCUT2D eigenvalue weighted by molar-refractivity contribution is 5.94. The Morgan fingerprint density at radius 1 is 0.828 bits per heavy atom. The van der Waals surface area contributed by atoms with Gasteiger partial charge >= 0.3 is 11.9 Å². The molecular weight excluding hydrogens is 813 g/mol. The summed E-state index contributed by atoms with van der Waals surface area (Å²) in [5.74, 6) is -6.32. The lowest BCUT2D eigenvalue weighted by Crippen LogP contribution is -2.74. The second-order valence-electron chi connectivity index (χ2n) is 21.2. The molecule has 0 aromatic heterocycles. The van der Waals surface area contributed by atoms with Crippen LogP contribution in [0.15, 0.2) is 42.5 Å². The number of unbranched alkanes of at least 4 members (excludes halogenated alkanes) is 12. The molecule has 4 heterocycles. The summed E-state index contributed by atoms with van der Waals surface area (Å²) in [7, 11) is 0. The Kier molecular flexibility index (Phi) is 14.6. The van der Waals surface area contributed by atoms with Crippen molar-refractivity contribution in [3.05, 3.63) is 48.0 Å². The van der Waals surface area contributed by atoms with Gasteiger partial charge in [-0.25, -0.2) is 4.79 Å². The van der Waals surface area contributed by atoms with Crippen molar-refractivity contribution in [2.45, 2.75) is 216 Å². The molecule has 7 fully saturated rings. The number of hydrogen-bond acceptors (Lipinski definition) is 11. The summed E-state index contributed by atoms with van der Waals surface area (Å²) in [6.45, 7) is 12.2. The minimum Gasteiger partial charge on any atom is -0.462 e. The van der Waals surface area contributed by atoms with Crippen LogP contribution in [0.25, 0.3) is 0 Å². The van der Waals surface area contributed by atoms with Gasteiger partial charge in [-0.2, -0.15) is 0 Å². The van der Waals surface area contributed by atoms with Crippen molar-refractivity contribution in [1.29, 1.82) is 0 Å². The molecule has 2 unspecified atom stereocenters. The molecular formula is C53H78O11. The standard InChI is InChI=1S/C53H78O11/c1-6-7-8-9-10-11-12-13-14-15-16-19-25-30-40(54)60-34-50-46(61-50)42-45-49(35(2)3)32-39(33-59-47(56)38-28-23-21-24-29-38)53(42)43-41(37(5)44(55)52(43,58)48(50)57)36(4)27-22-18-17-20-26-31-51(62-45,63-49)64-53/h21,23-24,28-29,36-37,39,41-43,45-46,48,57-58H,2,6-20,22,25-27,30-34H2,1,3-5H3/t36-,37-,39-,41-,42?,43+,45+,46-,48+,49+,50-,51?,52+,53+/m0/s1. The molecule has 0 amide bonds. The van der Waals surface area contributed by atoms with Crippen molar-refractivity contribution < 1.29 is 53.0 Å². The molecule has 1 aromatic carbocycles. The van der Waals surface area contributed by atoms with Crippen LogP contribution in [0.1, 0.15) is 179 Å². The highest BCUT2D eigenvalue weighted by Gasteiger charge is 2.90. The number of Topliss-reactive ketones (excluding diaryl/α,β-unsaturated/α-hetero) is 1. The predicted molar refractivity (Wildman–Crippen MR) is 241 cm³/mol. The molecule has 11 heteroatoms. The summed E-state index contributed by atoms with van der Waals surface area (Å²) < 4.78 is 40.8. The molecule has 11 nitrogen and oxygen atoms in total. The normalized spacial score (nSPS) is 40.7. The highest BCUT2D eigenvalue weighted by Crippen LogP contribution is 2.75. The van der Waals surface area contributed by atoms with Gasteiger partial charge in [0.1, 0.15) is 30.5 Å². The van der Waals surface area contributed by atoms with Crippen LogP contribution >= 0.6 is 0 Å². The van der Waals surface area contributed by atoms with Crippen molar-refractivity contribution in [2.75, 3.05) is 13.2 Å². The third-order valence-corrected chi connectivity index (χ3v) is 17.1. The molecule has 4 aliphatic heterocycles. The number of aliphatic hydroxyl groups excluding tert-OH is 1. The molecule has 1 aromatic rings. The van der Waals surface area contributed by atoms with Gasteiger partial charge in [0.2, 0.25) is 0 Å². The lowest BCUT2D eigenvalue weighted by molar-refractivity contribution is -0.438. The average Bonchev–Trinajstić information content (AvgIpc) is 3.92. The SMILES string of the molecule is C=C(C)[C@]12C[C@@H](COC(=O)c3ccccc3)[C@@]34OC5(CCCCCCC[C@H](C)[C@H]6[C@H](C)C(=O)[C@@](O)([C@H](O)[C@@]7(COC(=O)CCCCCCCCCCCCCCC)O[C@H]7C3[C@H]1O5)[C@@H]64)O2. The number of carbonyl (C=O) groups excluding carboxylic acids is 3. The lowest BCUT2D eigenvalue weighted by atomic mass is 9.51. The van der Waals surface area contributed by atoms with Crippen molar-refractivity contribution in [3.8, 4) is 0 Å². The summed E-state index contributed by atoms with van der Waals surface area (Å²) >= 11 is 0. The molecule has 14 atom stereocenters. The number of esters is 2. The first kappa shape index (κ1) is 47.8. The van der Waals surface area contributed by atoms with Crippen LogP contribution in [0.2, 0.25) is 0 Å². The zero-order chi connectivity index (χ0) is 45.3. The van der Waals surface area contributed by atoms with Crippen molar-refractivity contribution in [1.82, 2.24) is 0 Å². The Balaban J connectivity index is 1.07. The summed E-state index contributed by atoms with van der Waals surface area (Å²) in [6, 6.07) is 8.82. The smallest absolute Gasteiger partial charge is 0.338 e. The minimum atomic E-state index is -2.35. The van der Waals surface area contributed by atoms with Gasteiger partial charge in [-0.15, -0.1) is 0 Å². The number of rotatable bonds is 20. The van der Waals surface area contributed by atoms with Gasteiger partial charge in [0.25, 0.3) is 5.97 Å². The van der Waals surface area contributed by atoms with Crippen molar-refractivity contribution in [3.63, 3.8) is 0 Å². The Morgan fingerprint density at radius 3 is 2.14 bits per heavy atom. The molecule has 3 aliphatic carbocycles. The van der Waals surface area contributed by atoms with Gasteiger partial charge in [0.05, 0.1) is 17.8 Å². The first-order valence-corrected chi connectivity index (χ1v) is 25.6. The third kappa shape index (κ3) is 8.37. The average molecular weight is 891 g/mol. The fourth-order valence-corrected chi connectivity index (χ4v) is 13.8. The van der Waals surface area contributed by atoms with Crippen LogP contribution in [-0.2, 0) is 38.0 Å². The van der Waals surface area contributed by atoms with E-state index < -0.39 is 94.0 Å². The van der Waals surface area contributed by atoms with E-state index in [0.717, 1.165) is 63.4 Å². The Morgan fingerprint density at radius 2 is 1.47 bits per heavy atom. The largest absolute Gasteiger partial charge is 0.462 e. The Bertz CT molecular complexity index is 1820. The number of ketones is 1.